The van der Waals surface area contributed by atoms with Gasteiger partial charge in [-0.1, -0.05) is 95.8 Å². The van der Waals surface area contributed by atoms with Gasteiger partial charge in [0.25, 0.3) is 0 Å². The Bertz CT molecular complexity index is 545. The number of carboxylic acids is 1. The van der Waals surface area contributed by atoms with E-state index in [4.69, 9.17) is 5.11 Å². The summed E-state index contributed by atoms with van der Waals surface area (Å²) in [5, 5.41) is 8.38. The fraction of sp³-hybridized carbons (Fsp3) is 0.640. The number of hydrogen-bond acceptors (Lipinski definition) is 3. The summed E-state index contributed by atoms with van der Waals surface area (Å²) in [5.41, 5.74) is 0.331. The molecule has 4 heteroatoms. The smallest absolute Gasteiger partial charge is 0.335 e. The molecule has 0 amide bonds. The molecule has 29 heavy (non-hydrogen) atoms. The minimum atomic E-state index is -0.879. The predicted octanol–water partition coefficient (Wildman–Crippen LogP) is 6.75. The quantitative estimate of drug-likeness (QED) is 0.350. The van der Waals surface area contributed by atoms with Crippen LogP contribution in [0, 0.1) is 0 Å². The first-order valence-corrected chi connectivity index (χ1v) is 11.5. The molecule has 1 aliphatic rings. The van der Waals surface area contributed by atoms with Crippen molar-refractivity contribution in [3.63, 3.8) is 0 Å². The SMILES string of the molecule is CCCCCCCCCCCCCCN1C=CN(C)C1.O=C(O)c1ccccc1. The van der Waals surface area contributed by atoms with Gasteiger partial charge in [-0.15, -0.1) is 0 Å². The molecular formula is C25H42N2O2. The summed E-state index contributed by atoms with van der Waals surface area (Å²) in [7, 11) is 2.14. The van der Waals surface area contributed by atoms with Gasteiger partial charge >= 0.3 is 5.97 Å². The lowest BCUT2D eigenvalue weighted by atomic mass is 10.1. The molecule has 0 atom stereocenters. The van der Waals surface area contributed by atoms with Crippen LogP contribution >= 0.6 is 0 Å². The standard InChI is InChI=1S/C18H36N2.C7H6O2/c1-3-4-5-6-7-8-9-10-11-12-13-14-15-20-17-16-19(2)18-20;8-7(9)6-4-2-1-3-5-6/h16-17H,3-15,18H2,1-2H3;1-5H,(H,8,9). The zero-order valence-corrected chi connectivity index (χ0v) is 18.7. The third kappa shape index (κ3) is 13.8. The van der Waals surface area contributed by atoms with Crippen molar-refractivity contribution in [3.8, 4) is 0 Å². The number of carboxylic acid groups (broad SMARTS) is 1. The molecule has 0 fully saturated rings. The Morgan fingerprint density at radius 2 is 1.34 bits per heavy atom. The van der Waals surface area contributed by atoms with Gasteiger partial charge in [0.1, 0.15) is 0 Å². The van der Waals surface area contributed by atoms with Gasteiger partial charge in [0.2, 0.25) is 0 Å². The maximum atomic E-state index is 10.2. The van der Waals surface area contributed by atoms with Crippen LogP contribution in [-0.4, -0.2) is 41.1 Å². The van der Waals surface area contributed by atoms with Crippen LogP contribution < -0.4 is 0 Å². The Hall–Kier alpha value is -1.97. The van der Waals surface area contributed by atoms with Gasteiger partial charge in [-0.25, -0.2) is 4.79 Å². The zero-order valence-electron chi connectivity index (χ0n) is 18.7. The summed E-state index contributed by atoms with van der Waals surface area (Å²) >= 11 is 0. The number of hydrogen-bond donors (Lipinski definition) is 1. The average Bonchev–Trinajstić information content (AvgIpc) is 3.15. The number of rotatable bonds is 14. The highest BCUT2D eigenvalue weighted by Crippen LogP contribution is 2.12. The van der Waals surface area contributed by atoms with E-state index in [0.717, 1.165) is 6.67 Å². The van der Waals surface area contributed by atoms with Crippen molar-refractivity contribution in [2.45, 2.75) is 84.0 Å². The van der Waals surface area contributed by atoms with Crippen molar-refractivity contribution < 1.29 is 9.90 Å². The highest BCUT2D eigenvalue weighted by molar-refractivity contribution is 5.87. The number of benzene rings is 1. The first kappa shape index (κ1) is 25.1. The molecular weight excluding hydrogens is 360 g/mol. The number of nitrogens with zero attached hydrogens (tertiary/aromatic N) is 2. The van der Waals surface area contributed by atoms with Gasteiger partial charge in [-0.3, -0.25) is 0 Å². The summed E-state index contributed by atoms with van der Waals surface area (Å²) < 4.78 is 0. The number of unbranched alkanes of at least 4 members (excludes halogenated alkanes) is 11. The van der Waals surface area contributed by atoms with Crippen LogP contribution in [0.1, 0.15) is 94.3 Å². The Morgan fingerprint density at radius 3 is 1.76 bits per heavy atom. The fourth-order valence-electron chi connectivity index (χ4n) is 3.47. The van der Waals surface area contributed by atoms with Crippen LogP contribution in [0.4, 0.5) is 0 Å². The molecule has 2 rings (SSSR count). The highest BCUT2D eigenvalue weighted by Gasteiger charge is 2.06. The van der Waals surface area contributed by atoms with Crippen molar-refractivity contribution >= 4 is 5.97 Å². The minimum absolute atomic E-state index is 0.331. The van der Waals surface area contributed by atoms with Crippen molar-refractivity contribution in [3.05, 3.63) is 48.3 Å². The maximum Gasteiger partial charge on any atom is 0.335 e. The normalized spacial score (nSPS) is 12.8. The number of carbonyl (C=O) groups is 1. The van der Waals surface area contributed by atoms with Gasteiger partial charge < -0.3 is 14.9 Å². The largest absolute Gasteiger partial charge is 0.478 e. The molecule has 1 aliphatic heterocycles. The van der Waals surface area contributed by atoms with Gasteiger partial charge in [0, 0.05) is 26.0 Å². The second-order valence-electron chi connectivity index (χ2n) is 8.07. The van der Waals surface area contributed by atoms with Gasteiger partial charge in [0.15, 0.2) is 0 Å². The lowest BCUT2D eigenvalue weighted by molar-refractivity contribution is 0.0697. The van der Waals surface area contributed by atoms with E-state index in [0.29, 0.717) is 5.56 Å². The summed E-state index contributed by atoms with van der Waals surface area (Å²) in [6.07, 6.45) is 21.6. The molecule has 0 aliphatic carbocycles. The molecule has 0 radical (unpaired) electrons. The van der Waals surface area contributed by atoms with Crippen molar-refractivity contribution in [1.82, 2.24) is 9.80 Å². The van der Waals surface area contributed by atoms with Crippen LogP contribution in [0.15, 0.2) is 42.7 Å². The topological polar surface area (TPSA) is 43.8 Å². The monoisotopic (exact) mass is 402 g/mol. The molecule has 1 N–H and O–H groups in total. The minimum Gasteiger partial charge on any atom is -0.478 e. The van der Waals surface area contributed by atoms with Gasteiger partial charge in [-0.05, 0) is 18.6 Å². The first-order valence-electron chi connectivity index (χ1n) is 11.5. The first-order chi connectivity index (χ1) is 14.1. The molecule has 0 bridgehead atoms. The van der Waals surface area contributed by atoms with Crippen molar-refractivity contribution in [2.75, 3.05) is 20.3 Å². The summed E-state index contributed by atoms with van der Waals surface area (Å²) in [5.74, 6) is -0.879. The number of aromatic carboxylic acids is 1. The molecule has 0 unspecified atom stereocenters. The molecule has 164 valence electrons. The fourth-order valence-corrected chi connectivity index (χ4v) is 3.47. The van der Waals surface area contributed by atoms with Gasteiger partial charge in [-0.2, -0.15) is 0 Å². The van der Waals surface area contributed by atoms with Crippen LogP contribution in [0.25, 0.3) is 0 Å². The van der Waals surface area contributed by atoms with E-state index < -0.39 is 5.97 Å². The molecule has 0 saturated heterocycles. The molecule has 1 aromatic rings. The third-order valence-electron chi connectivity index (χ3n) is 5.26. The van der Waals surface area contributed by atoms with Crippen LogP contribution in [0.5, 0.6) is 0 Å². The molecule has 4 nitrogen and oxygen atoms in total. The molecule has 1 heterocycles. The molecule has 1 aromatic carbocycles. The van der Waals surface area contributed by atoms with Crippen LogP contribution in [-0.2, 0) is 0 Å². The second kappa shape index (κ2) is 16.9. The summed E-state index contributed by atoms with van der Waals surface area (Å²) in [4.78, 5) is 14.9. The van der Waals surface area contributed by atoms with E-state index in [9.17, 15) is 4.79 Å². The Kier molecular flexibility index (Phi) is 14.6. The Balaban J connectivity index is 0.000000387. The van der Waals surface area contributed by atoms with Crippen LogP contribution in [0.3, 0.4) is 0 Å². The van der Waals surface area contributed by atoms with Crippen LogP contribution in [0.2, 0.25) is 0 Å². The Labute approximate surface area is 178 Å². The lowest BCUT2D eigenvalue weighted by Gasteiger charge is -2.17. The Morgan fingerprint density at radius 1 is 0.828 bits per heavy atom. The molecule has 0 saturated carbocycles. The maximum absolute atomic E-state index is 10.2. The molecule has 0 aromatic heterocycles. The van der Waals surface area contributed by atoms with E-state index in [1.807, 2.05) is 0 Å². The lowest BCUT2D eigenvalue weighted by Crippen LogP contribution is -2.23. The zero-order chi connectivity index (χ0) is 21.2. The van der Waals surface area contributed by atoms with E-state index >= 15 is 0 Å². The average molecular weight is 403 g/mol. The summed E-state index contributed by atoms with van der Waals surface area (Å²) in [6, 6.07) is 8.30. The predicted molar refractivity (Wildman–Crippen MR) is 123 cm³/mol. The van der Waals surface area contributed by atoms with Crippen molar-refractivity contribution in [1.29, 1.82) is 0 Å². The summed E-state index contributed by atoms with van der Waals surface area (Å²) in [6.45, 7) is 4.61. The highest BCUT2D eigenvalue weighted by atomic mass is 16.4. The second-order valence-corrected chi connectivity index (χ2v) is 8.07. The van der Waals surface area contributed by atoms with E-state index in [2.05, 4.69) is 36.2 Å². The van der Waals surface area contributed by atoms with Gasteiger partial charge in [0.05, 0.1) is 12.2 Å². The molecule has 0 spiro atoms. The van der Waals surface area contributed by atoms with Crippen molar-refractivity contribution in [2.24, 2.45) is 0 Å². The third-order valence-corrected chi connectivity index (χ3v) is 5.26. The van der Waals surface area contributed by atoms with E-state index in [1.165, 1.54) is 83.6 Å². The van der Waals surface area contributed by atoms with E-state index in [-0.39, 0.29) is 0 Å². The van der Waals surface area contributed by atoms with E-state index in [1.54, 1.807) is 30.3 Å².